The molecule has 0 N–H and O–H groups in total. The predicted octanol–water partition coefficient (Wildman–Crippen LogP) is 7.78. The molecule has 0 atom stereocenters. The van der Waals surface area contributed by atoms with Gasteiger partial charge >= 0.3 is 0 Å². The highest BCUT2D eigenvalue weighted by atomic mass is 32.2. The molecule has 0 fully saturated rings. The Labute approximate surface area is 139 Å². The van der Waals surface area contributed by atoms with Crippen LogP contribution in [-0.4, -0.2) is 11.5 Å². The maximum atomic E-state index is 2.35. The molecule has 0 aromatic heterocycles. The van der Waals surface area contributed by atoms with Crippen LogP contribution in [0.15, 0.2) is 12.2 Å². The van der Waals surface area contributed by atoms with Gasteiger partial charge in [0.05, 0.1) is 0 Å². The Kier molecular flexibility index (Phi) is 20.2. The van der Waals surface area contributed by atoms with E-state index in [-0.39, 0.29) is 0 Å². The average Bonchev–Trinajstić information content (AvgIpc) is 2.50. The van der Waals surface area contributed by atoms with Gasteiger partial charge in [-0.2, -0.15) is 11.8 Å². The van der Waals surface area contributed by atoms with E-state index >= 15 is 0 Å². The number of unbranched alkanes of at least 4 members (excludes halogenated alkanes) is 12. The molecular weight excluding hydrogens is 272 g/mol. The fourth-order valence-electron chi connectivity index (χ4n) is 2.66. The molecule has 0 aromatic carbocycles. The van der Waals surface area contributed by atoms with E-state index in [1.54, 1.807) is 0 Å². The van der Waals surface area contributed by atoms with Gasteiger partial charge in [0.15, 0.2) is 0 Å². The summed E-state index contributed by atoms with van der Waals surface area (Å²) in [5.74, 6) is 2.67. The van der Waals surface area contributed by atoms with Crippen molar-refractivity contribution in [3.8, 4) is 0 Å². The van der Waals surface area contributed by atoms with Crippen LogP contribution in [0.5, 0.6) is 0 Å². The van der Waals surface area contributed by atoms with E-state index in [0.29, 0.717) is 0 Å². The zero-order valence-electron chi connectivity index (χ0n) is 14.9. The van der Waals surface area contributed by atoms with Crippen molar-refractivity contribution < 1.29 is 0 Å². The van der Waals surface area contributed by atoms with Gasteiger partial charge in [0.1, 0.15) is 0 Å². The highest BCUT2D eigenvalue weighted by Gasteiger charge is 1.94. The van der Waals surface area contributed by atoms with E-state index in [0.717, 1.165) is 0 Å². The maximum Gasteiger partial charge on any atom is -0.00676 e. The van der Waals surface area contributed by atoms with Gasteiger partial charge in [-0.25, -0.2) is 0 Å². The third-order valence-electron chi connectivity index (χ3n) is 4.02. The molecule has 0 rings (SSSR count). The Balaban J connectivity index is 2.95. The first-order valence-corrected chi connectivity index (χ1v) is 10.8. The van der Waals surface area contributed by atoms with Crippen molar-refractivity contribution in [3.63, 3.8) is 0 Å². The molecule has 0 unspecified atom stereocenters. The number of hydrogen-bond acceptors (Lipinski definition) is 1. The second-order valence-electron chi connectivity index (χ2n) is 6.11. The third kappa shape index (κ3) is 20.1. The maximum absolute atomic E-state index is 2.35. The van der Waals surface area contributed by atoms with Crippen molar-refractivity contribution in [2.75, 3.05) is 11.5 Å². The minimum absolute atomic E-state index is 1.19. The molecule has 1 heteroatoms. The largest absolute Gasteiger partial charge is 0.162 e. The Morgan fingerprint density at radius 2 is 1.05 bits per heavy atom. The van der Waals surface area contributed by atoms with Gasteiger partial charge in [-0.1, -0.05) is 90.2 Å². The summed E-state index contributed by atoms with van der Waals surface area (Å²) in [5, 5.41) is 0. The number of thioether (sulfide) groups is 1. The van der Waals surface area contributed by atoms with Gasteiger partial charge in [-0.05, 0) is 37.2 Å². The smallest absolute Gasteiger partial charge is 0.00676 e. The van der Waals surface area contributed by atoms with Crippen LogP contribution in [0.4, 0.5) is 0 Å². The summed E-state index contributed by atoms with van der Waals surface area (Å²) in [4.78, 5) is 0. The Morgan fingerprint density at radius 3 is 1.52 bits per heavy atom. The summed E-state index contributed by atoms with van der Waals surface area (Å²) in [7, 11) is 0. The van der Waals surface area contributed by atoms with Crippen molar-refractivity contribution >= 4 is 11.8 Å². The second kappa shape index (κ2) is 20.1. The Hall–Kier alpha value is 0.0900. The summed E-state index contributed by atoms with van der Waals surface area (Å²) in [6.07, 6.45) is 24.6. The first-order valence-electron chi connectivity index (χ1n) is 9.64. The molecule has 0 aliphatic heterocycles. The average molecular weight is 313 g/mol. The molecule has 0 saturated carbocycles. The van der Waals surface area contributed by atoms with Gasteiger partial charge in [0.25, 0.3) is 0 Å². The minimum Gasteiger partial charge on any atom is -0.162 e. The van der Waals surface area contributed by atoms with Crippen molar-refractivity contribution in [1.82, 2.24) is 0 Å². The van der Waals surface area contributed by atoms with Crippen molar-refractivity contribution in [2.24, 2.45) is 0 Å². The molecule has 21 heavy (non-hydrogen) atoms. The number of rotatable bonds is 17. The predicted molar refractivity (Wildman–Crippen MR) is 102 cm³/mol. The van der Waals surface area contributed by atoms with Crippen LogP contribution in [0.2, 0.25) is 0 Å². The zero-order valence-corrected chi connectivity index (χ0v) is 15.7. The van der Waals surface area contributed by atoms with Crippen LogP contribution in [0.1, 0.15) is 104 Å². The quantitative estimate of drug-likeness (QED) is 0.195. The molecule has 0 aromatic rings. The lowest BCUT2D eigenvalue weighted by Gasteiger charge is -2.03. The van der Waals surface area contributed by atoms with Crippen LogP contribution < -0.4 is 0 Å². The van der Waals surface area contributed by atoms with E-state index in [1.165, 1.54) is 101 Å². The summed E-state index contributed by atoms with van der Waals surface area (Å²) in [5.41, 5.74) is 0. The summed E-state index contributed by atoms with van der Waals surface area (Å²) in [6, 6.07) is 0. The molecule has 0 amide bonds. The number of allylic oxidation sites excluding steroid dienone is 2. The molecule has 0 aliphatic carbocycles. The van der Waals surface area contributed by atoms with Crippen LogP contribution in [0.3, 0.4) is 0 Å². The highest BCUT2D eigenvalue weighted by Crippen LogP contribution is 2.13. The first-order chi connectivity index (χ1) is 10.4. The third-order valence-corrected chi connectivity index (χ3v) is 5.00. The first kappa shape index (κ1) is 21.1. The normalized spacial score (nSPS) is 11.5. The fourth-order valence-corrected chi connectivity index (χ4v) is 3.36. The van der Waals surface area contributed by atoms with E-state index < -0.39 is 0 Å². The van der Waals surface area contributed by atoms with Crippen molar-refractivity contribution in [2.45, 2.75) is 104 Å². The lowest BCUT2D eigenvalue weighted by Crippen LogP contribution is -1.84. The molecule has 0 radical (unpaired) electrons. The monoisotopic (exact) mass is 312 g/mol. The minimum atomic E-state index is 1.19. The van der Waals surface area contributed by atoms with Gasteiger partial charge in [-0.3, -0.25) is 0 Å². The lowest BCUT2D eigenvalue weighted by molar-refractivity contribution is 0.545. The van der Waals surface area contributed by atoms with Crippen molar-refractivity contribution in [3.05, 3.63) is 12.2 Å². The topological polar surface area (TPSA) is 0 Å². The molecule has 126 valence electrons. The fraction of sp³-hybridized carbons (Fsp3) is 0.900. The standard InChI is InChI=1S/C20H40S/c1-3-5-6-7-8-9-10-11-12-13-14-15-16-17-18-19-20-21-4-2/h5-6H,3-4,7-20H2,1-2H3/b6-5-. The Bertz CT molecular complexity index is 198. The summed E-state index contributed by atoms with van der Waals surface area (Å²) < 4.78 is 0. The van der Waals surface area contributed by atoms with Crippen LogP contribution in [0.25, 0.3) is 0 Å². The molecule has 0 bridgehead atoms. The molecule has 0 heterocycles. The highest BCUT2D eigenvalue weighted by molar-refractivity contribution is 7.99. The molecular formula is C20H40S. The summed E-state index contributed by atoms with van der Waals surface area (Å²) in [6.45, 7) is 4.47. The number of hydrogen-bond donors (Lipinski definition) is 0. The van der Waals surface area contributed by atoms with E-state index in [4.69, 9.17) is 0 Å². The SMILES string of the molecule is CC/C=C\CCCCCCCCCCCCCCSCC. The summed E-state index contributed by atoms with van der Waals surface area (Å²) >= 11 is 2.09. The van der Waals surface area contributed by atoms with E-state index in [2.05, 4.69) is 37.8 Å². The van der Waals surface area contributed by atoms with E-state index in [9.17, 15) is 0 Å². The van der Waals surface area contributed by atoms with Gasteiger partial charge in [0.2, 0.25) is 0 Å². The molecule has 0 spiro atoms. The van der Waals surface area contributed by atoms with E-state index in [1.807, 2.05) is 0 Å². The molecule has 0 aliphatic rings. The molecule has 0 saturated heterocycles. The van der Waals surface area contributed by atoms with Gasteiger partial charge < -0.3 is 0 Å². The Morgan fingerprint density at radius 1 is 0.571 bits per heavy atom. The van der Waals surface area contributed by atoms with Crippen molar-refractivity contribution in [1.29, 1.82) is 0 Å². The van der Waals surface area contributed by atoms with Crippen LogP contribution in [0, 0.1) is 0 Å². The zero-order chi connectivity index (χ0) is 15.4. The van der Waals surface area contributed by atoms with Crippen LogP contribution >= 0.6 is 11.8 Å². The van der Waals surface area contributed by atoms with Gasteiger partial charge in [-0.15, -0.1) is 0 Å². The molecule has 0 nitrogen and oxygen atoms in total. The second-order valence-corrected chi connectivity index (χ2v) is 7.50. The van der Waals surface area contributed by atoms with Crippen LogP contribution in [-0.2, 0) is 0 Å². The lowest BCUT2D eigenvalue weighted by atomic mass is 10.0. The van der Waals surface area contributed by atoms with Gasteiger partial charge in [0, 0.05) is 0 Å².